The van der Waals surface area contributed by atoms with Gasteiger partial charge < -0.3 is 14.5 Å². The number of nitrogens with one attached hydrogen (secondary N) is 1. The van der Waals surface area contributed by atoms with Crippen LogP contribution in [-0.4, -0.2) is 19.6 Å². The molecule has 19 heavy (non-hydrogen) atoms. The van der Waals surface area contributed by atoms with E-state index in [0.29, 0.717) is 5.92 Å². The second-order valence-corrected chi connectivity index (χ2v) is 5.13. The first kappa shape index (κ1) is 14.1. The molecule has 106 valence electrons. The molecule has 1 fully saturated rings. The van der Waals surface area contributed by atoms with Crippen LogP contribution in [0, 0.1) is 5.92 Å². The van der Waals surface area contributed by atoms with Gasteiger partial charge in [-0.2, -0.15) is 0 Å². The smallest absolute Gasteiger partial charge is 0.373 e. The molecule has 2 rings (SSSR count). The predicted molar refractivity (Wildman–Crippen MR) is 73.0 cm³/mol. The maximum absolute atomic E-state index is 11.4. The topological polar surface area (TPSA) is 51.5 Å². The van der Waals surface area contributed by atoms with Gasteiger partial charge in [-0.3, -0.25) is 0 Å². The average Bonchev–Trinajstić information content (AvgIpc) is 2.94. The first-order valence-electron chi connectivity index (χ1n) is 7.17. The van der Waals surface area contributed by atoms with E-state index in [2.05, 4.69) is 17.0 Å². The summed E-state index contributed by atoms with van der Waals surface area (Å²) in [7, 11) is 1.37. The number of methoxy groups -OCH3 is 1. The minimum atomic E-state index is -0.412. The molecule has 1 aromatic heterocycles. The van der Waals surface area contributed by atoms with E-state index in [0.717, 1.165) is 12.3 Å². The third-order valence-corrected chi connectivity index (χ3v) is 3.87. The van der Waals surface area contributed by atoms with Gasteiger partial charge in [-0.1, -0.05) is 26.2 Å². The van der Waals surface area contributed by atoms with Crippen molar-refractivity contribution in [2.24, 2.45) is 5.92 Å². The van der Waals surface area contributed by atoms with Crippen molar-refractivity contribution in [3.63, 3.8) is 0 Å². The predicted octanol–water partition coefficient (Wildman–Crippen LogP) is 3.30. The van der Waals surface area contributed by atoms with Crippen LogP contribution in [0.3, 0.4) is 0 Å². The van der Waals surface area contributed by atoms with E-state index >= 15 is 0 Å². The Morgan fingerprint density at radius 2 is 2.16 bits per heavy atom. The first-order chi connectivity index (χ1) is 9.26. The quantitative estimate of drug-likeness (QED) is 0.830. The van der Waals surface area contributed by atoms with Crippen molar-refractivity contribution in [1.82, 2.24) is 5.32 Å². The molecule has 0 saturated heterocycles. The van der Waals surface area contributed by atoms with Crippen LogP contribution < -0.4 is 5.32 Å². The van der Waals surface area contributed by atoms with Gasteiger partial charge in [0.05, 0.1) is 13.2 Å². The maximum atomic E-state index is 11.4. The molecule has 0 spiro atoms. The molecule has 0 aliphatic heterocycles. The van der Waals surface area contributed by atoms with Crippen molar-refractivity contribution in [2.75, 3.05) is 13.7 Å². The Labute approximate surface area is 114 Å². The molecule has 0 radical (unpaired) electrons. The van der Waals surface area contributed by atoms with Crippen LogP contribution in [0.4, 0.5) is 0 Å². The molecule has 1 saturated carbocycles. The van der Waals surface area contributed by atoms with E-state index in [1.807, 2.05) is 6.07 Å². The van der Waals surface area contributed by atoms with Crippen LogP contribution in [-0.2, 0) is 4.74 Å². The monoisotopic (exact) mass is 265 g/mol. The normalized spacial score (nSPS) is 18.2. The fraction of sp³-hybridized carbons (Fsp3) is 0.667. The molecular weight excluding hydrogens is 242 g/mol. The van der Waals surface area contributed by atoms with Crippen LogP contribution in [0.25, 0.3) is 0 Å². The molecule has 1 heterocycles. The summed E-state index contributed by atoms with van der Waals surface area (Å²) in [6.45, 7) is 3.00. The molecule has 1 aliphatic rings. The Bertz CT molecular complexity index is 407. The summed E-state index contributed by atoms with van der Waals surface area (Å²) in [5.74, 6) is 1.33. The lowest BCUT2D eigenvalue weighted by molar-refractivity contribution is 0.0560. The third kappa shape index (κ3) is 3.38. The van der Waals surface area contributed by atoms with Gasteiger partial charge in [0.1, 0.15) is 5.76 Å². The zero-order chi connectivity index (χ0) is 13.7. The van der Waals surface area contributed by atoms with Crippen LogP contribution >= 0.6 is 0 Å². The lowest BCUT2D eigenvalue weighted by atomic mass is 9.83. The van der Waals surface area contributed by atoms with Gasteiger partial charge >= 0.3 is 5.97 Å². The van der Waals surface area contributed by atoms with E-state index in [1.54, 1.807) is 6.07 Å². The minimum Gasteiger partial charge on any atom is -0.463 e. The molecule has 0 bridgehead atoms. The maximum Gasteiger partial charge on any atom is 0.373 e. The Morgan fingerprint density at radius 3 is 2.79 bits per heavy atom. The highest BCUT2D eigenvalue weighted by atomic mass is 16.5. The van der Waals surface area contributed by atoms with E-state index in [9.17, 15) is 4.79 Å². The Balaban J connectivity index is 2.13. The number of rotatable bonds is 5. The zero-order valence-corrected chi connectivity index (χ0v) is 11.8. The first-order valence-corrected chi connectivity index (χ1v) is 7.17. The number of carbonyl (C=O) groups is 1. The van der Waals surface area contributed by atoms with E-state index in [4.69, 9.17) is 4.42 Å². The summed E-state index contributed by atoms with van der Waals surface area (Å²) in [5.41, 5.74) is 0. The molecule has 1 atom stereocenters. The van der Waals surface area contributed by atoms with Gasteiger partial charge in [-0.25, -0.2) is 4.79 Å². The Morgan fingerprint density at radius 1 is 1.42 bits per heavy atom. The van der Waals surface area contributed by atoms with Crippen LogP contribution in [0.5, 0.6) is 0 Å². The summed E-state index contributed by atoms with van der Waals surface area (Å²) in [5, 5.41) is 3.49. The second kappa shape index (κ2) is 6.75. The fourth-order valence-electron chi connectivity index (χ4n) is 2.92. The SMILES string of the molecule is CCNC(c1ccc(C(=O)OC)o1)C1CCCCC1. The number of ether oxygens (including phenoxy) is 1. The van der Waals surface area contributed by atoms with Gasteiger partial charge in [-0.15, -0.1) is 0 Å². The number of hydrogen-bond donors (Lipinski definition) is 1. The summed E-state index contributed by atoms with van der Waals surface area (Å²) in [6, 6.07) is 3.81. The molecule has 0 aromatic carbocycles. The summed E-state index contributed by atoms with van der Waals surface area (Å²) >= 11 is 0. The number of hydrogen-bond acceptors (Lipinski definition) is 4. The highest BCUT2D eigenvalue weighted by Gasteiger charge is 2.27. The standard InChI is InChI=1S/C15H23NO3/c1-3-16-14(11-7-5-4-6-8-11)12-9-10-13(19-12)15(17)18-2/h9-11,14,16H,3-8H2,1-2H3. The highest BCUT2D eigenvalue weighted by Crippen LogP contribution is 2.35. The fourth-order valence-corrected chi connectivity index (χ4v) is 2.92. The lowest BCUT2D eigenvalue weighted by Gasteiger charge is -2.29. The van der Waals surface area contributed by atoms with Crippen LogP contribution in [0.1, 0.15) is 61.4 Å². The second-order valence-electron chi connectivity index (χ2n) is 5.13. The molecule has 0 amide bonds. The summed E-state index contributed by atoms with van der Waals surface area (Å²) < 4.78 is 10.3. The molecule has 1 aromatic rings. The van der Waals surface area contributed by atoms with Gasteiger partial charge in [0.25, 0.3) is 0 Å². The van der Waals surface area contributed by atoms with Crippen molar-refractivity contribution in [3.05, 3.63) is 23.7 Å². The van der Waals surface area contributed by atoms with Gasteiger partial charge in [0.15, 0.2) is 0 Å². The van der Waals surface area contributed by atoms with E-state index < -0.39 is 5.97 Å². The summed E-state index contributed by atoms with van der Waals surface area (Å²) in [6.07, 6.45) is 6.37. The van der Waals surface area contributed by atoms with Gasteiger partial charge in [0.2, 0.25) is 5.76 Å². The lowest BCUT2D eigenvalue weighted by Crippen LogP contribution is -2.29. The zero-order valence-electron chi connectivity index (χ0n) is 11.8. The van der Waals surface area contributed by atoms with Gasteiger partial charge in [0, 0.05) is 0 Å². The van der Waals surface area contributed by atoms with E-state index in [1.165, 1.54) is 39.2 Å². The van der Waals surface area contributed by atoms with Crippen molar-refractivity contribution in [3.8, 4) is 0 Å². The largest absolute Gasteiger partial charge is 0.463 e. The summed E-state index contributed by atoms with van der Waals surface area (Å²) in [4.78, 5) is 11.4. The molecular formula is C15H23NO3. The van der Waals surface area contributed by atoms with Crippen molar-refractivity contribution >= 4 is 5.97 Å². The van der Waals surface area contributed by atoms with Crippen molar-refractivity contribution in [1.29, 1.82) is 0 Å². The number of furan rings is 1. The number of esters is 1. The molecule has 4 nitrogen and oxygen atoms in total. The van der Waals surface area contributed by atoms with Crippen LogP contribution in [0.2, 0.25) is 0 Å². The average molecular weight is 265 g/mol. The minimum absolute atomic E-state index is 0.212. The van der Waals surface area contributed by atoms with Crippen LogP contribution in [0.15, 0.2) is 16.5 Å². The molecule has 1 aliphatic carbocycles. The van der Waals surface area contributed by atoms with Crippen molar-refractivity contribution < 1.29 is 13.9 Å². The van der Waals surface area contributed by atoms with E-state index in [-0.39, 0.29) is 11.8 Å². The highest BCUT2D eigenvalue weighted by molar-refractivity contribution is 5.86. The third-order valence-electron chi connectivity index (χ3n) is 3.87. The number of carbonyl (C=O) groups excluding carboxylic acids is 1. The Hall–Kier alpha value is -1.29. The van der Waals surface area contributed by atoms with Gasteiger partial charge in [-0.05, 0) is 37.4 Å². The molecule has 1 N–H and O–H groups in total. The Kier molecular flexibility index (Phi) is 5.02. The molecule has 1 unspecified atom stereocenters. The molecule has 4 heteroatoms. The van der Waals surface area contributed by atoms with Crippen molar-refractivity contribution in [2.45, 2.75) is 45.1 Å².